The average molecular weight is 348 g/mol. The van der Waals surface area contributed by atoms with Gasteiger partial charge in [0.05, 0.1) is 17.9 Å². The van der Waals surface area contributed by atoms with E-state index in [-0.39, 0.29) is 23.0 Å². The third-order valence-electron chi connectivity index (χ3n) is 3.55. The summed E-state index contributed by atoms with van der Waals surface area (Å²) in [6.45, 7) is 3.79. The Bertz CT molecular complexity index is 863. The predicted molar refractivity (Wildman–Crippen MR) is 93.6 cm³/mol. The highest BCUT2D eigenvalue weighted by Gasteiger charge is 2.17. The molecule has 0 aliphatic rings. The molecule has 0 aliphatic carbocycles. The summed E-state index contributed by atoms with van der Waals surface area (Å²) >= 11 is 0. The van der Waals surface area contributed by atoms with Crippen molar-refractivity contribution in [3.8, 4) is 5.75 Å². The van der Waals surface area contributed by atoms with Crippen LogP contribution in [0.5, 0.6) is 5.75 Å². The zero-order chi connectivity index (χ0) is 17.9. The molecule has 0 aliphatic heterocycles. The van der Waals surface area contributed by atoms with Crippen LogP contribution in [0.15, 0.2) is 42.5 Å². The first-order valence-corrected chi connectivity index (χ1v) is 9.23. The highest BCUT2D eigenvalue weighted by Crippen LogP contribution is 2.24. The van der Waals surface area contributed by atoms with Crippen molar-refractivity contribution in [2.24, 2.45) is 0 Å². The molecule has 1 amide bonds. The monoisotopic (exact) mass is 348 g/mol. The van der Waals surface area contributed by atoms with Gasteiger partial charge in [-0.2, -0.15) is 0 Å². The van der Waals surface area contributed by atoms with E-state index in [1.54, 1.807) is 0 Å². The van der Waals surface area contributed by atoms with Gasteiger partial charge in [-0.15, -0.1) is 0 Å². The van der Waals surface area contributed by atoms with Crippen LogP contribution in [0.2, 0.25) is 0 Å². The first kappa shape index (κ1) is 17.8. The van der Waals surface area contributed by atoms with Gasteiger partial charge in [0.25, 0.3) is 5.91 Å². The molecule has 6 nitrogen and oxygen atoms in total. The minimum absolute atomic E-state index is 0.00378. The topological polar surface area (TPSA) is 95.5 Å². The molecule has 2 aromatic carbocycles. The number of phenols is 1. The number of carbonyl (C=O) groups excluding carboxylic acids is 1. The molecule has 0 spiro atoms. The van der Waals surface area contributed by atoms with E-state index in [1.807, 2.05) is 38.1 Å². The Labute approximate surface area is 141 Å². The molecular weight excluding hydrogens is 328 g/mol. The number of phenolic OH excluding ortho intramolecular Hbond substituents is 1. The molecule has 0 heterocycles. The first-order chi connectivity index (χ1) is 11.2. The fourth-order valence-electron chi connectivity index (χ4n) is 2.42. The highest BCUT2D eigenvalue weighted by molar-refractivity contribution is 7.92. The lowest BCUT2D eigenvalue weighted by Crippen LogP contribution is -2.27. The van der Waals surface area contributed by atoms with E-state index < -0.39 is 15.9 Å². The van der Waals surface area contributed by atoms with E-state index in [4.69, 9.17) is 0 Å². The maximum Gasteiger partial charge on any atom is 0.255 e. The van der Waals surface area contributed by atoms with Gasteiger partial charge in [0.15, 0.2) is 0 Å². The molecule has 7 heteroatoms. The minimum atomic E-state index is -3.47. The summed E-state index contributed by atoms with van der Waals surface area (Å²) in [6, 6.07) is 11.4. The molecule has 0 bridgehead atoms. The number of benzene rings is 2. The molecule has 24 heavy (non-hydrogen) atoms. The van der Waals surface area contributed by atoms with E-state index in [2.05, 4.69) is 10.0 Å². The molecule has 1 unspecified atom stereocenters. The molecule has 1 atom stereocenters. The van der Waals surface area contributed by atoms with E-state index in [0.717, 1.165) is 17.4 Å². The van der Waals surface area contributed by atoms with Crippen molar-refractivity contribution >= 4 is 21.6 Å². The normalized spacial score (nSPS) is 12.5. The smallest absolute Gasteiger partial charge is 0.255 e. The predicted octanol–water partition coefficient (Wildman–Crippen LogP) is 2.56. The van der Waals surface area contributed by atoms with Crippen LogP contribution in [-0.2, 0) is 10.0 Å². The van der Waals surface area contributed by atoms with Gasteiger partial charge < -0.3 is 10.4 Å². The number of aromatic hydroxyl groups is 1. The van der Waals surface area contributed by atoms with Crippen molar-refractivity contribution in [1.82, 2.24) is 5.32 Å². The van der Waals surface area contributed by atoms with E-state index in [9.17, 15) is 18.3 Å². The molecular formula is C17H20N2O4S. The molecule has 2 rings (SSSR count). The second kappa shape index (κ2) is 6.92. The standard InChI is InChI=1S/C17H20N2O4S/c1-11-6-4-5-7-14(11)12(2)18-17(21)15-10-13(8-9-16(15)20)19-24(3,22)23/h4-10,12,19-20H,1-3H3,(H,18,21). The molecule has 0 aromatic heterocycles. The molecule has 2 aromatic rings. The van der Waals surface area contributed by atoms with Crippen LogP contribution < -0.4 is 10.0 Å². The summed E-state index contributed by atoms with van der Waals surface area (Å²) in [7, 11) is -3.47. The number of carbonyl (C=O) groups is 1. The second-order valence-electron chi connectivity index (χ2n) is 5.66. The molecule has 0 saturated carbocycles. The van der Waals surface area contributed by atoms with Gasteiger partial charge in [-0.1, -0.05) is 24.3 Å². The Morgan fingerprint density at radius 1 is 1.17 bits per heavy atom. The number of sulfonamides is 1. The van der Waals surface area contributed by atoms with Crippen LogP contribution in [0.1, 0.15) is 34.5 Å². The third-order valence-corrected chi connectivity index (χ3v) is 4.15. The molecule has 0 fully saturated rings. The zero-order valence-electron chi connectivity index (χ0n) is 13.7. The molecule has 0 radical (unpaired) electrons. The Hall–Kier alpha value is -2.54. The zero-order valence-corrected chi connectivity index (χ0v) is 14.5. The lowest BCUT2D eigenvalue weighted by atomic mass is 10.0. The van der Waals surface area contributed by atoms with Crippen LogP contribution in [-0.4, -0.2) is 25.7 Å². The number of anilines is 1. The second-order valence-corrected chi connectivity index (χ2v) is 7.41. The number of aryl methyl sites for hydroxylation is 1. The summed E-state index contributed by atoms with van der Waals surface area (Å²) < 4.78 is 24.9. The van der Waals surface area contributed by atoms with Gasteiger partial charge in [-0.3, -0.25) is 9.52 Å². The number of hydrogen-bond acceptors (Lipinski definition) is 4. The summed E-state index contributed by atoms with van der Waals surface area (Å²) in [6.07, 6.45) is 1.01. The van der Waals surface area contributed by atoms with E-state index in [1.165, 1.54) is 18.2 Å². The maximum absolute atomic E-state index is 12.4. The van der Waals surface area contributed by atoms with Crippen molar-refractivity contribution in [1.29, 1.82) is 0 Å². The van der Waals surface area contributed by atoms with E-state index in [0.29, 0.717) is 0 Å². The van der Waals surface area contributed by atoms with Crippen molar-refractivity contribution in [3.05, 3.63) is 59.2 Å². The number of nitrogens with one attached hydrogen (secondary N) is 2. The SMILES string of the molecule is Cc1ccccc1C(C)NC(=O)c1cc(NS(C)(=O)=O)ccc1O. The van der Waals surface area contributed by atoms with Crippen molar-refractivity contribution in [3.63, 3.8) is 0 Å². The quantitative estimate of drug-likeness (QED) is 0.724. The largest absolute Gasteiger partial charge is 0.507 e. The molecule has 0 saturated heterocycles. The highest BCUT2D eigenvalue weighted by atomic mass is 32.2. The lowest BCUT2D eigenvalue weighted by molar-refractivity contribution is 0.0937. The van der Waals surface area contributed by atoms with Gasteiger partial charge in [-0.25, -0.2) is 8.42 Å². The Balaban J connectivity index is 2.23. The van der Waals surface area contributed by atoms with Gasteiger partial charge in [0, 0.05) is 5.69 Å². The van der Waals surface area contributed by atoms with Crippen molar-refractivity contribution in [2.75, 3.05) is 11.0 Å². The summed E-state index contributed by atoms with van der Waals surface area (Å²) in [5.74, 6) is -0.705. The minimum Gasteiger partial charge on any atom is -0.507 e. The number of rotatable bonds is 5. The fraction of sp³-hybridized carbons (Fsp3) is 0.235. The molecule has 128 valence electrons. The van der Waals surface area contributed by atoms with Crippen molar-refractivity contribution < 1.29 is 18.3 Å². The van der Waals surface area contributed by atoms with Gasteiger partial charge in [-0.05, 0) is 43.2 Å². The van der Waals surface area contributed by atoms with Gasteiger partial charge >= 0.3 is 0 Å². The van der Waals surface area contributed by atoms with Gasteiger partial charge in [0.1, 0.15) is 5.75 Å². The number of hydrogen-bond donors (Lipinski definition) is 3. The summed E-state index contributed by atoms with van der Waals surface area (Å²) in [4.78, 5) is 12.4. The molecule has 3 N–H and O–H groups in total. The maximum atomic E-state index is 12.4. The lowest BCUT2D eigenvalue weighted by Gasteiger charge is -2.17. The Kier molecular flexibility index (Phi) is 5.14. The Morgan fingerprint density at radius 3 is 2.46 bits per heavy atom. The van der Waals surface area contributed by atoms with Gasteiger partial charge in [0.2, 0.25) is 10.0 Å². The van der Waals surface area contributed by atoms with Crippen LogP contribution in [0.25, 0.3) is 0 Å². The Morgan fingerprint density at radius 2 is 1.83 bits per heavy atom. The summed E-state index contributed by atoms with van der Waals surface area (Å²) in [5.41, 5.74) is 2.23. The van der Waals surface area contributed by atoms with Crippen LogP contribution in [0, 0.1) is 6.92 Å². The third kappa shape index (κ3) is 4.48. The number of amides is 1. The summed E-state index contributed by atoms with van der Waals surface area (Å²) in [5, 5.41) is 12.7. The fourth-order valence-corrected chi connectivity index (χ4v) is 2.98. The van der Waals surface area contributed by atoms with Crippen LogP contribution >= 0.6 is 0 Å². The average Bonchev–Trinajstić information content (AvgIpc) is 2.48. The van der Waals surface area contributed by atoms with Crippen LogP contribution in [0.3, 0.4) is 0 Å². The van der Waals surface area contributed by atoms with Crippen LogP contribution in [0.4, 0.5) is 5.69 Å². The van der Waals surface area contributed by atoms with E-state index >= 15 is 0 Å². The first-order valence-electron chi connectivity index (χ1n) is 7.34. The van der Waals surface area contributed by atoms with Crippen molar-refractivity contribution in [2.45, 2.75) is 19.9 Å².